The molecule has 0 aliphatic heterocycles. The summed E-state index contributed by atoms with van der Waals surface area (Å²) in [4.78, 5) is 16.2. The van der Waals surface area contributed by atoms with Crippen LogP contribution >= 0.6 is 0 Å². The summed E-state index contributed by atoms with van der Waals surface area (Å²) in [6.45, 7) is 4.78. The molecule has 1 heterocycles. The molecule has 116 valence electrons. The Hall–Kier alpha value is -1.62. The van der Waals surface area contributed by atoms with Crippen LogP contribution in [0.4, 0.5) is 0 Å². The first kappa shape index (κ1) is 15.8. The van der Waals surface area contributed by atoms with E-state index in [0.717, 1.165) is 24.4 Å². The van der Waals surface area contributed by atoms with Crippen LogP contribution in [0.25, 0.3) is 0 Å². The summed E-state index contributed by atoms with van der Waals surface area (Å²) in [5.41, 5.74) is 7.76. The molecule has 1 atom stereocenters. The van der Waals surface area contributed by atoms with Crippen molar-refractivity contribution >= 4 is 5.91 Å². The molecule has 1 saturated carbocycles. The van der Waals surface area contributed by atoms with E-state index >= 15 is 0 Å². The minimum absolute atomic E-state index is 0.0336. The molecule has 2 rings (SSSR count). The first-order chi connectivity index (χ1) is 10.1. The van der Waals surface area contributed by atoms with Crippen molar-refractivity contribution in [3.63, 3.8) is 0 Å². The topological polar surface area (TPSA) is 77.2 Å². The molecule has 0 spiro atoms. The van der Waals surface area contributed by atoms with Gasteiger partial charge in [-0.1, -0.05) is 6.92 Å². The SMILES string of the molecule is CCC(N)Cc1nc(C)ccc1OCC(=O)NCC1CC1. The average Bonchev–Trinajstić information content (AvgIpc) is 3.28. The minimum Gasteiger partial charge on any atom is -0.482 e. The Morgan fingerprint density at radius 3 is 2.95 bits per heavy atom. The van der Waals surface area contributed by atoms with Gasteiger partial charge < -0.3 is 15.8 Å². The summed E-state index contributed by atoms with van der Waals surface area (Å²) in [7, 11) is 0. The predicted octanol–water partition coefficient (Wildman–Crippen LogP) is 1.57. The molecule has 0 saturated heterocycles. The predicted molar refractivity (Wildman–Crippen MR) is 82.2 cm³/mol. The maximum Gasteiger partial charge on any atom is 0.257 e. The highest BCUT2D eigenvalue weighted by Crippen LogP contribution is 2.27. The number of carbonyl (C=O) groups is 1. The molecule has 0 radical (unpaired) electrons. The van der Waals surface area contributed by atoms with Gasteiger partial charge in [-0.05, 0) is 44.2 Å². The summed E-state index contributed by atoms with van der Waals surface area (Å²) >= 11 is 0. The molecule has 5 heteroatoms. The average molecular weight is 291 g/mol. The third-order valence-electron chi connectivity index (χ3n) is 3.70. The number of aryl methyl sites for hydroxylation is 1. The van der Waals surface area contributed by atoms with Crippen molar-refractivity contribution in [3.8, 4) is 5.75 Å². The molecule has 1 aliphatic rings. The molecule has 1 fully saturated rings. The lowest BCUT2D eigenvalue weighted by Crippen LogP contribution is -2.31. The summed E-state index contributed by atoms with van der Waals surface area (Å²) in [6.07, 6.45) is 4.00. The molecule has 5 nitrogen and oxygen atoms in total. The van der Waals surface area contributed by atoms with Crippen LogP contribution in [0.5, 0.6) is 5.75 Å². The first-order valence-corrected chi connectivity index (χ1v) is 7.70. The van der Waals surface area contributed by atoms with Gasteiger partial charge in [0.25, 0.3) is 5.91 Å². The highest BCUT2D eigenvalue weighted by Gasteiger charge is 2.21. The van der Waals surface area contributed by atoms with Crippen LogP contribution in [0, 0.1) is 12.8 Å². The molecule has 1 aliphatic carbocycles. The zero-order chi connectivity index (χ0) is 15.2. The number of nitrogens with one attached hydrogen (secondary N) is 1. The fourth-order valence-electron chi connectivity index (χ4n) is 2.04. The lowest BCUT2D eigenvalue weighted by molar-refractivity contribution is -0.123. The number of rotatable bonds is 8. The Kier molecular flexibility index (Phi) is 5.56. The van der Waals surface area contributed by atoms with E-state index in [4.69, 9.17) is 10.5 Å². The van der Waals surface area contributed by atoms with Gasteiger partial charge in [-0.15, -0.1) is 0 Å². The molecule has 21 heavy (non-hydrogen) atoms. The Bertz CT molecular complexity index is 486. The van der Waals surface area contributed by atoms with Gasteiger partial charge in [0, 0.05) is 24.7 Å². The van der Waals surface area contributed by atoms with Crippen LogP contribution in [0.1, 0.15) is 37.6 Å². The Morgan fingerprint density at radius 1 is 1.52 bits per heavy atom. The number of amides is 1. The van der Waals surface area contributed by atoms with Crippen LogP contribution in [0.3, 0.4) is 0 Å². The fourth-order valence-corrected chi connectivity index (χ4v) is 2.04. The van der Waals surface area contributed by atoms with Gasteiger partial charge in [0.05, 0.1) is 5.69 Å². The molecular weight excluding hydrogens is 266 g/mol. The Balaban J connectivity index is 1.89. The van der Waals surface area contributed by atoms with Gasteiger partial charge >= 0.3 is 0 Å². The molecule has 0 bridgehead atoms. The minimum atomic E-state index is -0.0757. The number of ether oxygens (including phenoxy) is 1. The molecule has 1 aromatic rings. The lowest BCUT2D eigenvalue weighted by Gasteiger charge is -2.14. The molecular formula is C16H25N3O2. The van der Waals surface area contributed by atoms with E-state index in [1.165, 1.54) is 12.8 Å². The molecule has 3 N–H and O–H groups in total. The van der Waals surface area contributed by atoms with Crippen molar-refractivity contribution < 1.29 is 9.53 Å². The lowest BCUT2D eigenvalue weighted by atomic mass is 10.1. The van der Waals surface area contributed by atoms with E-state index in [-0.39, 0.29) is 18.6 Å². The van der Waals surface area contributed by atoms with Crippen LogP contribution in [-0.4, -0.2) is 30.1 Å². The van der Waals surface area contributed by atoms with Gasteiger partial charge in [0.15, 0.2) is 6.61 Å². The number of nitrogens with two attached hydrogens (primary N) is 1. The van der Waals surface area contributed by atoms with Gasteiger partial charge in [-0.2, -0.15) is 0 Å². The van der Waals surface area contributed by atoms with Crippen molar-refractivity contribution in [2.45, 2.75) is 45.6 Å². The van der Waals surface area contributed by atoms with E-state index in [2.05, 4.69) is 10.3 Å². The Labute approximate surface area is 126 Å². The van der Waals surface area contributed by atoms with E-state index in [1.54, 1.807) is 0 Å². The quantitative estimate of drug-likeness (QED) is 0.762. The van der Waals surface area contributed by atoms with Crippen LogP contribution in [-0.2, 0) is 11.2 Å². The second-order valence-corrected chi connectivity index (χ2v) is 5.81. The van der Waals surface area contributed by atoms with Crippen molar-refractivity contribution in [2.24, 2.45) is 11.7 Å². The van der Waals surface area contributed by atoms with Crippen LogP contribution < -0.4 is 15.8 Å². The van der Waals surface area contributed by atoms with Gasteiger partial charge in [-0.25, -0.2) is 0 Å². The second-order valence-electron chi connectivity index (χ2n) is 5.81. The third kappa shape index (κ3) is 5.34. The largest absolute Gasteiger partial charge is 0.482 e. The number of nitrogens with zero attached hydrogens (tertiary/aromatic N) is 1. The van der Waals surface area contributed by atoms with E-state index in [0.29, 0.717) is 18.1 Å². The van der Waals surface area contributed by atoms with Gasteiger partial charge in [0.2, 0.25) is 0 Å². The van der Waals surface area contributed by atoms with Crippen molar-refractivity contribution in [1.29, 1.82) is 0 Å². The number of aromatic nitrogens is 1. The second kappa shape index (κ2) is 7.41. The fraction of sp³-hybridized carbons (Fsp3) is 0.625. The number of pyridine rings is 1. The number of hydrogen-bond donors (Lipinski definition) is 2. The molecule has 1 unspecified atom stereocenters. The summed E-state index contributed by atoms with van der Waals surface area (Å²) in [5, 5.41) is 2.89. The maximum absolute atomic E-state index is 11.7. The number of carbonyl (C=O) groups excluding carboxylic acids is 1. The van der Waals surface area contributed by atoms with E-state index < -0.39 is 0 Å². The zero-order valence-corrected chi connectivity index (χ0v) is 12.9. The smallest absolute Gasteiger partial charge is 0.257 e. The normalized spacial score (nSPS) is 15.6. The summed E-state index contributed by atoms with van der Waals surface area (Å²) < 4.78 is 5.62. The zero-order valence-electron chi connectivity index (χ0n) is 12.9. The van der Waals surface area contributed by atoms with Crippen molar-refractivity contribution in [3.05, 3.63) is 23.5 Å². The summed E-state index contributed by atoms with van der Waals surface area (Å²) in [5.74, 6) is 1.26. The molecule has 0 aromatic carbocycles. The first-order valence-electron chi connectivity index (χ1n) is 7.70. The Morgan fingerprint density at radius 2 is 2.29 bits per heavy atom. The maximum atomic E-state index is 11.7. The molecule has 1 aromatic heterocycles. The van der Waals surface area contributed by atoms with Gasteiger partial charge in [-0.3, -0.25) is 9.78 Å². The third-order valence-corrected chi connectivity index (χ3v) is 3.70. The number of hydrogen-bond acceptors (Lipinski definition) is 4. The van der Waals surface area contributed by atoms with E-state index in [9.17, 15) is 4.79 Å². The highest BCUT2D eigenvalue weighted by atomic mass is 16.5. The van der Waals surface area contributed by atoms with Crippen LogP contribution in [0.15, 0.2) is 12.1 Å². The van der Waals surface area contributed by atoms with Crippen molar-refractivity contribution in [1.82, 2.24) is 10.3 Å². The standard InChI is InChI=1S/C16H25N3O2/c1-3-13(17)8-14-15(7-4-11(2)19-14)21-10-16(20)18-9-12-5-6-12/h4,7,12-13H,3,5-6,8-10,17H2,1-2H3,(H,18,20). The van der Waals surface area contributed by atoms with E-state index in [1.807, 2.05) is 26.0 Å². The van der Waals surface area contributed by atoms with Crippen LogP contribution in [0.2, 0.25) is 0 Å². The summed E-state index contributed by atoms with van der Waals surface area (Å²) in [6, 6.07) is 3.82. The molecule has 1 amide bonds. The monoisotopic (exact) mass is 291 g/mol. The van der Waals surface area contributed by atoms with Gasteiger partial charge in [0.1, 0.15) is 5.75 Å². The highest BCUT2D eigenvalue weighted by molar-refractivity contribution is 5.77. The van der Waals surface area contributed by atoms with Crippen molar-refractivity contribution in [2.75, 3.05) is 13.2 Å².